The van der Waals surface area contributed by atoms with Gasteiger partial charge in [-0.2, -0.15) is 0 Å². The van der Waals surface area contributed by atoms with Crippen molar-refractivity contribution in [3.63, 3.8) is 0 Å². The van der Waals surface area contributed by atoms with E-state index >= 15 is 0 Å². The smallest absolute Gasteiger partial charge is 0.240 e. The molecule has 1 heterocycles. The van der Waals surface area contributed by atoms with Gasteiger partial charge in [0.25, 0.3) is 0 Å². The Morgan fingerprint density at radius 2 is 1.80 bits per heavy atom. The molecule has 1 amide bonds. The number of benzene rings is 1. The second-order valence-corrected chi connectivity index (χ2v) is 10.1. The minimum absolute atomic E-state index is 0.158. The molecular weight excluding hydrogens is 380 g/mol. The molecular formula is C15H20N4O3S3. The fourth-order valence-corrected chi connectivity index (χ4v) is 5.08. The van der Waals surface area contributed by atoms with Crippen molar-refractivity contribution >= 4 is 44.7 Å². The Morgan fingerprint density at radius 1 is 1.16 bits per heavy atom. The molecule has 0 aliphatic heterocycles. The first-order valence-corrected chi connectivity index (χ1v) is 10.8. The van der Waals surface area contributed by atoms with Gasteiger partial charge in [0.05, 0.1) is 10.1 Å². The number of hydrogen-bond donors (Lipinski definition) is 2. The molecule has 2 aromatic rings. The number of sulfonamides is 1. The summed E-state index contributed by atoms with van der Waals surface area (Å²) in [7, 11) is -3.54. The molecule has 1 atom stereocenters. The normalized spacial score (nSPS) is 13.0. The lowest BCUT2D eigenvalue weighted by molar-refractivity contribution is -0.115. The van der Waals surface area contributed by atoms with Crippen LogP contribution in [0.5, 0.6) is 0 Å². The van der Waals surface area contributed by atoms with Crippen molar-refractivity contribution in [2.24, 2.45) is 0 Å². The molecule has 2 N–H and O–H groups in total. The van der Waals surface area contributed by atoms with E-state index in [0.29, 0.717) is 5.69 Å². The van der Waals surface area contributed by atoms with E-state index in [1.54, 1.807) is 32.9 Å². The topological polar surface area (TPSA) is 101 Å². The van der Waals surface area contributed by atoms with E-state index in [9.17, 15) is 13.2 Å². The molecule has 0 bridgehead atoms. The first kappa shape index (κ1) is 19.8. The summed E-state index contributed by atoms with van der Waals surface area (Å²) >= 11 is 2.77. The average molecular weight is 401 g/mol. The van der Waals surface area contributed by atoms with Crippen LogP contribution in [0.1, 0.15) is 25.8 Å². The molecule has 10 heteroatoms. The SMILES string of the molecule is Cc1nnc(S[C@H](C)C(=O)Nc2ccc(S(=O)(=O)NC(C)C)cc2)s1. The number of carbonyl (C=O) groups is 1. The van der Waals surface area contributed by atoms with Crippen LogP contribution in [0.2, 0.25) is 0 Å². The van der Waals surface area contributed by atoms with Gasteiger partial charge in [0.15, 0.2) is 4.34 Å². The molecule has 7 nitrogen and oxygen atoms in total. The van der Waals surface area contributed by atoms with Gasteiger partial charge in [-0.15, -0.1) is 10.2 Å². The maximum atomic E-state index is 12.2. The first-order chi connectivity index (χ1) is 11.7. The molecule has 0 saturated heterocycles. The largest absolute Gasteiger partial charge is 0.325 e. The Kier molecular flexibility index (Phi) is 6.55. The van der Waals surface area contributed by atoms with Crippen molar-refractivity contribution in [2.45, 2.75) is 48.2 Å². The quantitative estimate of drug-likeness (QED) is 0.693. The number of aryl methyl sites for hydroxylation is 1. The Hall–Kier alpha value is -1.49. The minimum atomic E-state index is -3.54. The first-order valence-electron chi connectivity index (χ1n) is 7.57. The number of carbonyl (C=O) groups excluding carboxylic acids is 1. The van der Waals surface area contributed by atoms with Gasteiger partial charge in [-0.3, -0.25) is 4.79 Å². The van der Waals surface area contributed by atoms with Crippen molar-refractivity contribution in [1.82, 2.24) is 14.9 Å². The van der Waals surface area contributed by atoms with Gasteiger partial charge in [0.1, 0.15) is 5.01 Å². The highest BCUT2D eigenvalue weighted by molar-refractivity contribution is 8.02. The van der Waals surface area contributed by atoms with E-state index in [1.807, 2.05) is 6.92 Å². The van der Waals surface area contributed by atoms with E-state index in [2.05, 4.69) is 20.2 Å². The molecule has 136 valence electrons. The highest BCUT2D eigenvalue weighted by Gasteiger charge is 2.18. The van der Waals surface area contributed by atoms with Gasteiger partial charge in [0, 0.05) is 11.7 Å². The zero-order chi connectivity index (χ0) is 18.6. The van der Waals surface area contributed by atoms with Gasteiger partial charge < -0.3 is 5.32 Å². The van der Waals surface area contributed by atoms with Crippen molar-refractivity contribution in [2.75, 3.05) is 5.32 Å². The third-order valence-corrected chi connectivity index (χ3v) is 6.67. The van der Waals surface area contributed by atoms with Crippen molar-refractivity contribution in [1.29, 1.82) is 0 Å². The van der Waals surface area contributed by atoms with Crippen molar-refractivity contribution in [3.8, 4) is 0 Å². The Bertz CT molecular complexity index is 832. The van der Waals surface area contributed by atoms with E-state index < -0.39 is 10.0 Å². The zero-order valence-corrected chi connectivity index (χ0v) is 16.8. The monoisotopic (exact) mass is 400 g/mol. The van der Waals surface area contributed by atoms with Gasteiger partial charge >= 0.3 is 0 Å². The van der Waals surface area contributed by atoms with Gasteiger partial charge in [-0.05, 0) is 52.0 Å². The third-order valence-electron chi connectivity index (χ3n) is 2.98. The fourth-order valence-electron chi connectivity index (χ4n) is 1.87. The molecule has 0 aliphatic rings. The van der Waals surface area contributed by atoms with Crippen LogP contribution < -0.4 is 10.0 Å². The lowest BCUT2D eigenvalue weighted by atomic mass is 10.3. The van der Waals surface area contributed by atoms with Crippen LogP contribution >= 0.6 is 23.1 Å². The lowest BCUT2D eigenvalue weighted by Crippen LogP contribution is -2.30. The summed E-state index contributed by atoms with van der Waals surface area (Å²) in [6.07, 6.45) is 0. The predicted molar refractivity (Wildman–Crippen MR) is 100 cm³/mol. The number of thioether (sulfide) groups is 1. The van der Waals surface area contributed by atoms with Crippen LogP contribution in [0, 0.1) is 6.92 Å². The molecule has 1 aromatic heterocycles. The molecule has 0 fully saturated rings. The highest BCUT2D eigenvalue weighted by Crippen LogP contribution is 2.27. The standard InChI is InChI=1S/C15H20N4O3S3/c1-9(2)19-25(21,22)13-7-5-12(6-8-13)16-14(20)10(3)23-15-18-17-11(4)24-15/h5-10,19H,1-4H3,(H,16,20)/t10-/m1/s1. The van der Waals surface area contributed by atoms with E-state index in [0.717, 1.165) is 9.35 Å². The molecule has 0 aliphatic carbocycles. The van der Waals surface area contributed by atoms with Crippen LogP contribution in [0.25, 0.3) is 0 Å². The van der Waals surface area contributed by atoms with Gasteiger partial charge in [-0.1, -0.05) is 23.1 Å². The van der Waals surface area contributed by atoms with E-state index in [-0.39, 0.29) is 22.1 Å². The van der Waals surface area contributed by atoms with Gasteiger partial charge in [-0.25, -0.2) is 13.1 Å². The lowest BCUT2D eigenvalue weighted by Gasteiger charge is -2.12. The van der Waals surface area contributed by atoms with Crippen molar-refractivity contribution < 1.29 is 13.2 Å². The number of hydrogen-bond acceptors (Lipinski definition) is 7. The highest BCUT2D eigenvalue weighted by atomic mass is 32.2. The maximum Gasteiger partial charge on any atom is 0.240 e. The second kappa shape index (κ2) is 8.26. The maximum absolute atomic E-state index is 12.2. The molecule has 0 saturated carbocycles. The number of amides is 1. The minimum Gasteiger partial charge on any atom is -0.325 e. The van der Waals surface area contributed by atoms with Crippen LogP contribution in [0.3, 0.4) is 0 Å². The number of aromatic nitrogens is 2. The zero-order valence-electron chi connectivity index (χ0n) is 14.3. The van der Waals surface area contributed by atoms with Crippen LogP contribution in [0.4, 0.5) is 5.69 Å². The molecule has 0 unspecified atom stereocenters. The van der Waals surface area contributed by atoms with Gasteiger partial charge in [0.2, 0.25) is 15.9 Å². The number of anilines is 1. The van der Waals surface area contributed by atoms with E-state index in [4.69, 9.17) is 0 Å². The molecule has 2 rings (SSSR count). The third kappa shape index (κ3) is 5.77. The summed E-state index contributed by atoms with van der Waals surface area (Å²) in [5, 5.41) is 11.2. The molecule has 1 aromatic carbocycles. The average Bonchev–Trinajstić information content (AvgIpc) is 2.91. The Balaban J connectivity index is 1.99. The van der Waals surface area contributed by atoms with Crippen LogP contribution in [-0.4, -0.2) is 35.8 Å². The summed E-state index contributed by atoms with van der Waals surface area (Å²) in [4.78, 5) is 12.4. The second-order valence-electron chi connectivity index (χ2n) is 5.64. The van der Waals surface area contributed by atoms with Crippen LogP contribution in [0.15, 0.2) is 33.5 Å². The van der Waals surface area contributed by atoms with E-state index in [1.165, 1.54) is 35.2 Å². The number of rotatable bonds is 7. The fraction of sp³-hybridized carbons (Fsp3) is 0.400. The predicted octanol–water partition coefficient (Wildman–Crippen LogP) is 2.65. The summed E-state index contributed by atoms with van der Waals surface area (Å²) in [6, 6.07) is 5.88. The molecule has 0 spiro atoms. The van der Waals surface area contributed by atoms with Crippen LogP contribution in [-0.2, 0) is 14.8 Å². The summed E-state index contributed by atoms with van der Waals surface area (Å²) in [5.74, 6) is -0.186. The Morgan fingerprint density at radius 3 is 2.32 bits per heavy atom. The number of nitrogens with zero attached hydrogens (tertiary/aromatic N) is 2. The van der Waals surface area contributed by atoms with Crippen molar-refractivity contribution in [3.05, 3.63) is 29.3 Å². The number of nitrogens with one attached hydrogen (secondary N) is 2. The summed E-state index contributed by atoms with van der Waals surface area (Å²) in [5.41, 5.74) is 0.536. The Labute approximate surface area is 155 Å². The summed E-state index contributed by atoms with van der Waals surface area (Å²) < 4.78 is 27.4. The summed E-state index contributed by atoms with van der Waals surface area (Å²) in [6.45, 7) is 7.15. The molecule has 25 heavy (non-hydrogen) atoms. The molecule has 0 radical (unpaired) electrons.